The molecule has 0 fully saturated rings. The summed E-state index contributed by atoms with van der Waals surface area (Å²) in [6.45, 7) is 5.94. The first kappa shape index (κ1) is 32.4. The first-order valence-electron chi connectivity index (χ1n) is 14.3. The molecule has 0 aliphatic carbocycles. The van der Waals surface area contributed by atoms with Gasteiger partial charge in [-0.05, 0) is 89.0 Å². The number of aromatic carboxylic acids is 3. The van der Waals surface area contributed by atoms with Crippen molar-refractivity contribution in [2.75, 3.05) is 0 Å². The fraction of sp³-hybridized carbons (Fsp3) is 0.273. The van der Waals surface area contributed by atoms with Crippen molar-refractivity contribution < 1.29 is 43.9 Å². The third kappa shape index (κ3) is 7.18. The smallest absolute Gasteiger partial charge is 0.358 e. The van der Waals surface area contributed by atoms with Crippen LogP contribution in [0.1, 0.15) is 85.6 Å². The normalized spacial score (nSPS) is 10.7. The predicted molar refractivity (Wildman–Crippen MR) is 161 cm³/mol. The van der Waals surface area contributed by atoms with Gasteiger partial charge in [0.05, 0.1) is 0 Å². The lowest BCUT2D eigenvalue weighted by molar-refractivity contribution is 0.0674. The highest BCUT2D eigenvalue weighted by atomic mass is 16.5. The van der Waals surface area contributed by atoms with Crippen LogP contribution in [0.4, 0.5) is 0 Å². The number of ether oxygens (including phenoxy) is 3. The van der Waals surface area contributed by atoms with E-state index in [1.54, 1.807) is 18.2 Å². The second-order valence-electron chi connectivity index (χ2n) is 9.76. The van der Waals surface area contributed by atoms with Crippen LogP contribution in [0.25, 0.3) is 0 Å². The Kier molecular flexibility index (Phi) is 10.6. The molecule has 0 saturated heterocycles. The van der Waals surface area contributed by atoms with Crippen LogP contribution in [0.5, 0.6) is 17.2 Å². The standard InChI is InChI=1S/C33H33N3O9/c1-4-19-22(16-43-25-10-7-13-34-28(25)31(37)38)20(5-2)24(18-45-27-12-9-15-36-30(27)33(41)42)21(6-3)23(19)17-44-26-11-8-14-35-29(26)32(39)40/h7-15H,4-6,16-18H2,1-3H3,(H,37,38)(H,39,40)(H,41,42). The molecule has 12 nitrogen and oxygen atoms in total. The number of carbonyl (C=O) groups is 3. The Hall–Kier alpha value is -5.52. The topological polar surface area (TPSA) is 178 Å². The zero-order valence-corrected chi connectivity index (χ0v) is 25.1. The van der Waals surface area contributed by atoms with E-state index >= 15 is 0 Å². The van der Waals surface area contributed by atoms with Gasteiger partial charge in [-0.2, -0.15) is 0 Å². The Morgan fingerprint density at radius 2 is 0.778 bits per heavy atom. The average molecular weight is 616 g/mol. The van der Waals surface area contributed by atoms with Gasteiger partial charge in [0.25, 0.3) is 0 Å². The molecule has 0 radical (unpaired) electrons. The Bertz CT molecular complexity index is 1500. The highest BCUT2D eigenvalue weighted by Crippen LogP contribution is 2.34. The third-order valence-electron chi connectivity index (χ3n) is 7.28. The van der Waals surface area contributed by atoms with Gasteiger partial charge in [0.1, 0.15) is 19.8 Å². The quantitative estimate of drug-likeness (QED) is 0.155. The lowest BCUT2D eigenvalue weighted by Crippen LogP contribution is -2.18. The molecule has 3 heterocycles. The number of carboxylic acid groups (broad SMARTS) is 3. The van der Waals surface area contributed by atoms with Crippen LogP contribution < -0.4 is 14.2 Å². The van der Waals surface area contributed by atoms with Crippen molar-refractivity contribution in [3.05, 3.63) is 105 Å². The third-order valence-corrected chi connectivity index (χ3v) is 7.28. The molecule has 234 valence electrons. The van der Waals surface area contributed by atoms with Crippen LogP contribution in [0.15, 0.2) is 55.0 Å². The molecule has 3 aromatic heterocycles. The van der Waals surface area contributed by atoms with E-state index in [4.69, 9.17) is 14.2 Å². The summed E-state index contributed by atoms with van der Waals surface area (Å²) < 4.78 is 18.2. The zero-order chi connectivity index (χ0) is 32.5. The van der Waals surface area contributed by atoms with Gasteiger partial charge < -0.3 is 29.5 Å². The number of benzene rings is 1. The molecule has 4 aromatic rings. The van der Waals surface area contributed by atoms with Gasteiger partial charge in [0, 0.05) is 18.6 Å². The maximum atomic E-state index is 11.8. The SMILES string of the molecule is CCc1c(COc2cccnc2C(=O)O)c(CC)c(COc2cccnc2C(=O)O)c(CC)c1COc1cccnc1C(=O)O. The van der Waals surface area contributed by atoms with E-state index in [9.17, 15) is 29.7 Å². The molecule has 4 rings (SSSR count). The van der Waals surface area contributed by atoms with Gasteiger partial charge in [0.2, 0.25) is 0 Å². The first-order valence-corrected chi connectivity index (χ1v) is 14.3. The minimum Gasteiger partial charge on any atom is -0.486 e. The highest BCUT2D eigenvalue weighted by Gasteiger charge is 2.25. The van der Waals surface area contributed by atoms with E-state index in [0.717, 1.165) is 33.4 Å². The van der Waals surface area contributed by atoms with Gasteiger partial charge in [-0.15, -0.1) is 0 Å². The van der Waals surface area contributed by atoms with Crippen molar-refractivity contribution in [1.29, 1.82) is 0 Å². The summed E-state index contributed by atoms with van der Waals surface area (Å²) in [5.41, 5.74) is 4.44. The van der Waals surface area contributed by atoms with E-state index in [1.165, 1.54) is 36.8 Å². The summed E-state index contributed by atoms with van der Waals surface area (Å²) in [5, 5.41) is 28.9. The van der Waals surface area contributed by atoms with Crippen LogP contribution in [-0.2, 0) is 39.1 Å². The van der Waals surface area contributed by atoms with Gasteiger partial charge >= 0.3 is 17.9 Å². The lowest BCUT2D eigenvalue weighted by atomic mass is 9.84. The van der Waals surface area contributed by atoms with Crippen molar-refractivity contribution in [3.8, 4) is 17.2 Å². The molecule has 0 aliphatic heterocycles. The second kappa shape index (κ2) is 14.8. The van der Waals surface area contributed by atoms with Crippen LogP contribution in [0, 0.1) is 0 Å². The minimum atomic E-state index is -1.22. The van der Waals surface area contributed by atoms with Crippen LogP contribution in [0.2, 0.25) is 0 Å². The molecule has 0 saturated carbocycles. The number of carboxylic acids is 3. The summed E-state index contributed by atoms with van der Waals surface area (Å²) in [5.74, 6) is -3.36. The van der Waals surface area contributed by atoms with E-state index in [2.05, 4.69) is 15.0 Å². The number of aromatic nitrogens is 3. The number of hydrogen-bond acceptors (Lipinski definition) is 9. The number of pyridine rings is 3. The molecule has 0 atom stereocenters. The van der Waals surface area contributed by atoms with Crippen LogP contribution >= 0.6 is 0 Å². The average Bonchev–Trinajstić information content (AvgIpc) is 3.04. The van der Waals surface area contributed by atoms with Gasteiger partial charge in [0.15, 0.2) is 34.3 Å². The Morgan fingerprint density at radius 1 is 0.511 bits per heavy atom. The molecule has 12 heteroatoms. The number of rotatable bonds is 15. The molecule has 0 bridgehead atoms. The zero-order valence-electron chi connectivity index (χ0n) is 25.1. The van der Waals surface area contributed by atoms with Crippen molar-refractivity contribution in [1.82, 2.24) is 15.0 Å². The monoisotopic (exact) mass is 615 g/mol. The first-order chi connectivity index (χ1) is 21.7. The maximum Gasteiger partial charge on any atom is 0.358 e. The molecular formula is C33H33N3O9. The molecule has 0 aliphatic rings. The second-order valence-corrected chi connectivity index (χ2v) is 9.76. The summed E-state index contributed by atoms with van der Waals surface area (Å²) >= 11 is 0. The molecule has 0 spiro atoms. The number of hydrogen-bond donors (Lipinski definition) is 3. The van der Waals surface area contributed by atoms with Crippen molar-refractivity contribution >= 4 is 17.9 Å². The van der Waals surface area contributed by atoms with Gasteiger partial charge in [-0.25, -0.2) is 29.3 Å². The minimum absolute atomic E-state index is 0.00283. The molecule has 0 unspecified atom stereocenters. The van der Waals surface area contributed by atoms with Crippen molar-refractivity contribution in [3.63, 3.8) is 0 Å². The van der Waals surface area contributed by atoms with Gasteiger partial charge in [-0.1, -0.05) is 20.8 Å². The summed E-state index contributed by atoms with van der Waals surface area (Å²) in [4.78, 5) is 47.2. The van der Waals surface area contributed by atoms with Crippen LogP contribution in [0.3, 0.4) is 0 Å². The van der Waals surface area contributed by atoms with Gasteiger partial charge in [-0.3, -0.25) is 0 Å². The van der Waals surface area contributed by atoms with E-state index in [1.807, 2.05) is 20.8 Å². The highest BCUT2D eigenvalue weighted by molar-refractivity contribution is 5.89. The summed E-state index contributed by atoms with van der Waals surface area (Å²) in [6.07, 6.45) is 5.80. The lowest BCUT2D eigenvalue weighted by Gasteiger charge is -2.26. The fourth-order valence-corrected chi connectivity index (χ4v) is 5.35. The van der Waals surface area contributed by atoms with Crippen molar-refractivity contribution in [2.45, 2.75) is 59.9 Å². The molecular weight excluding hydrogens is 582 g/mol. The van der Waals surface area contributed by atoms with E-state index in [-0.39, 0.29) is 54.2 Å². The number of nitrogens with zero attached hydrogens (tertiary/aromatic N) is 3. The fourth-order valence-electron chi connectivity index (χ4n) is 5.35. The van der Waals surface area contributed by atoms with Crippen molar-refractivity contribution in [2.24, 2.45) is 0 Å². The molecule has 3 N–H and O–H groups in total. The molecule has 45 heavy (non-hydrogen) atoms. The Morgan fingerprint density at radius 3 is 1.00 bits per heavy atom. The Labute approximate surface area is 259 Å². The Balaban J connectivity index is 1.85. The van der Waals surface area contributed by atoms with Crippen LogP contribution in [-0.4, -0.2) is 48.2 Å². The van der Waals surface area contributed by atoms with E-state index in [0.29, 0.717) is 19.3 Å². The largest absolute Gasteiger partial charge is 0.486 e. The summed E-state index contributed by atoms with van der Waals surface area (Å²) in [7, 11) is 0. The molecule has 1 aromatic carbocycles. The van der Waals surface area contributed by atoms with E-state index < -0.39 is 17.9 Å². The predicted octanol–water partition coefficient (Wildman–Crippen LogP) is 5.39. The molecule has 0 amide bonds. The maximum absolute atomic E-state index is 11.8. The summed E-state index contributed by atoms with van der Waals surface area (Å²) in [6, 6.07) is 9.37.